The van der Waals surface area contributed by atoms with Gasteiger partial charge in [0, 0.05) is 49.0 Å². The molecular formula is C25H33F3N6O5. The standard InChI is InChI=1S/C23H32N6O3.C2HF3O2/c1-15(2)28-12-19-20(13-28)26-22(29-9-11-32-14-16(29)3)27-21(19)17-4-6-18(7-5-17)25-23(31)24-8-10-30;3-2(4,5)1(6)7/h4-7,15-16,30H,8-14H2,1-3H3,(H2,24,25,31);(H,6,7). The minimum atomic E-state index is -5.08. The topological polar surface area (TPSA) is 140 Å². The number of aliphatic carboxylic acids is 1. The maximum Gasteiger partial charge on any atom is 0.490 e. The molecule has 3 heterocycles. The lowest BCUT2D eigenvalue weighted by Crippen LogP contribution is -2.44. The van der Waals surface area contributed by atoms with Crippen LogP contribution in [0.1, 0.15) is 32.0 Å². The van der Waals surface area contributed by atoms with Gasteiger partial charge >= 0.3 is 18.2 Å². The molecule has 4 N–H and O–H groups in total. The van der Waals surface area contributed by atoms with Crippen molar-refractivity contribution in [2.75, 3.05) is 43.1 Å². The number of hydrogen-bond donors (Lipinski definition) is 4. The highest BCUT2D eigenvalue weighted by Gasteiger charge is 2.38. The summed E-state index contributed by atoms with van der Waals surface area (Å²) in [6.07, 6.45) is -5.08. The van der Waals surface area contributed by atoms with Gasteiger partial charge in [0.1, 0.15) is 0 Å². The number of carboxylic acids is 1. The van der Waals surface area contributed by atoms with Crippen LogP contribution in [0.3, 0.4) is 0 Å². The van der Waals surface area contributed by atoms with Crippen molar-refractivity contribution in [1.29, 1.82) is 0 Å². The molecule has 1 aromatic heterocycles. The molecule has 2 aromatic rings. The highest BCUT2D eigenvalue weighted by molar-refractivity contribution is 5.89. The Morgan fingerprint density at radius 3 is 2.41 bits per heavy atom. The van der Waals surface area contributed by atoms with Gasteiger partial charge in [-0.3, -0.25) is 4.90 Å². The van der Waals surface area contributed by atoms with Crippen LogP contribution >= 0.6 is 0 Å². The van der Waals surface area contributed by atoms with Crippen LogP contribution in [0.4, 0.5) is 29.6 Å². The number of anilines is 2. The average molecular weight is 555 g/mol. The zero-order chi connectivity index (χ0) is 28.7. The maximum absolute atomic E-state index is 11.9. The molecular weight excluding hydrogens is 521 g/mol. The maximum atomic E-state index is 11.9. The van der Waals surface area contributed by atoms with Gasteiger partial charge in [0.2, 0.25) is 5.95 Å². The van der Waals surface area contributed by atoms with E-state index in [2.05, 4.69) is 41.2 Å². The molecule has 1 unspecified atom stereocenters. The van der Waals surface area contributed by atoms with Crippen LogP contribution < -0.4 is 15.5 Å². The summed E-state index contributed by atoms with van der Waals surface area (Å²) in [4.78, 5) is 35.4. The molecule has 2 aliphatic rings. The van der Waals surface area contributed by atoms with Crippen LogP contribution in [-0.4, -0.2) is 88.3 Å². The third kappa shape index (κ3) is 8.00. The minimum absolute atomic E-state index is 0.0946. The molecule has 214 valence electrons. The Labute approximate surface area is 224 Å². The fourth-order valence-corrected chi connectivity index (χ4v) is 4.08. The van der Waals surface area contributed by atoms with E-state index >= 15 is 0 Å². The van der Waals surface area contributed by atoms with Crippen LogP contribution in [0.2, 0.25) is 0 Å². The van der Waals surface area contributed by atoms with Gasteiger partial charge < -0.3 is 30.5 Å². The number of urea groups is 1. The fourth-order valence-electron chi connectivity index (χ4n) is 4.08. The number of morpholine rings is 1. The van der Waals surface area contributed by atoms with Crippen LogP contribution in [-0.2, 0) is 22.6 Å². The van der Waals surface area contributed by atoms with Gasteiger partial charge in [-0.1, -0.05) is 12.1 Å². The zero-order valence-corrected chi connectivity index (χ0v) is 22.0. The number of aliphatic hydroxyl groups is 1. The van der Waals surface area contributed by atoms with Crippen LogP contribution in [0.15, 0.2) is 24.3 Å². The van der Waals surface area contributed by atoms with Crippen LogP contribution in [0.25, 0.3) is 11.3 Å². The smallest absolute Gasteiger partial charge is 0.475 e. The highest BCUT2D eigenvalue weighted by Crippen LogP contribution is 2.34. The number of alkyl halides is 3. The number of rotatable bonds is 6. The number of amides is 2. The molecule has 1 aromatic carbocycles. The van der Waals surface area contributed by atoms with Crippen molar-refractivity contribution < 1.29 is 37.7 Å². The van der Waals surface area contributed by atoms with Crippen molar-refractivity contribution in [3.05, 3.63) is 35.5 Å². The summed E-state index contributed by atoms with van der Waals surface area (Å²) in [6.45, 7) is 10.4. The number of aliphatic hydroxyl groups excluding tert-OH is 1. The predicted molar refractivity (Wildman–Crippen MR) is 137 cm³/mol. The number of carboxylic acid groups (broad SMARTS) is 1. The number of nitrogens with zero attached hydrogens (tertiary/aromatic N) is 4. The van der Waals surface area contributed by atoms with Crippen molar-refractivity contribution in [2.24, 2.45) is 0 Å². The average Bonchev–Trinajstić information content (AvgIpc) is 3.32. The van der Waals surface area contributed by atoms with Gasteiger partial charge in [-0.05, 0) is 32.9 Å². The van der Waals surface area contributed by atoms with Gasteiger partial charge in [-0.15, -0.1) is 0 Å². The molecule has 0 saturated carbocycles. The molecule has 2 amide bonds. The molecule has 14 heteroatoms. The zero-order valence-electron chi connectivity index (χ0n) is 22.0. The van der Waals surface area contributed by atoms with E-state index in [1.54, 1.807) is 0 Å². The van der Waals surface area contributed by atoms with Gasteiger partial charge in [-0.25, -0.2) is 19.6 Å². The van der Waals surface area contributed by atoms with E-state index in [1.165, 1.54) is 5.56 Å². The molecule has 1 atom stereocenters. The number of carbonyl (C=O) groups is 2. The number of ether oxygens (including phenoxy) is 1. The monoisotopic (exact) mass is 554 g/mol. The molecule has 4 rings (SSSR count). The first-order valence-corrected chi connectivity index (χ1v) is 12.4. The molecule has 0 radical (unpaired) electrons. The van der Waals surface area contributed by atoms with Gasteiger partial charge in [0.05, 0.1) is 37.3 Å². The lowest BCUT2D eigenvalue weighted by atomic mass is 10.1. The summed E-state index contributed by atoms with van der Waals surface area (Å²) >= 11 is 0. The Morgan fingerprint density at radius 1 is 1.18 bits per heavy atom. The summed E-state index contributed by atoms with van der Waals surface area (Å²) in [5, 5.41) is 21.3. The lowest BCUT2D eigenvalue weighted by molar-refractivity contribution is -0.192. The Hall–Kier alpha value is -3.49. The van der Waals surface area contributed by atoms with Crippen molar-refractivity contribution in [3.8, 4) is 11.3 Å². The van der Waals surface area contributed by atoms with Gasteiger partial charge in [-0.2, -0.15) is 13.2 Å². The molecule has 0 aliphatic carbocycles. The number of halogens is 3. The quantitative estimate of drug-likeness (QED) is 0.424. The lowest BCUT2D eigenvalue weighted by Gasteiger charge is -2.33. The van der Waals surface area contributed by atoms with E-state index in [1.807, 2.05) is 24.3 Å². The van der Waals surface area contributed by atoms with Crippen molar-refractivity contribution >= 4 is 23.6 Å². The summed E-state index contributed by atoms with van der Waals surface area (Å²) in [5.41, 5.74) is 4.88. The van der Waals surface area contributed by atoms with Gasteiger partial charge in [0.15, 0.2) is 0 Å². The SMILES string of the molecule is CC(C)N1Cc2nc(N3CCOCC3C)nc(-c3ccc(NC(=O)NCCO)cc3)c2C1.O=C(O)C(F)(F)F. The third-order valence-electron chi connectivity index (χ3n) is 6.21. The number of hydrogen-bond acceptors (Lipinski definition) is 8. The van der Waals surface area contributed by atoms with Crippen LogP contribution in [0, 0.1) is 0 Å². The number of fused-ring (bicyclic) bond motifs is 1. The first-order chi connectivity index (χ1) is 18.4. The van der Waals surface area contributed by atoms with E-state index in [0.717, 1.165) is 42.5 Å². The first kappa shape index (κ1) is 30.1. The third-order valence-corrected chi connectivity index (χ3v) is 6.21. The molecule has 0 bridgehead atoms. The fraction of sp³-hybridized carbons (Fsp3) is 0.520. The van der Waals surface area contributed by atoms with E-state index < -0.39 is 12.1 Å². The van der Waals surface area contributed by atoms with Crippen molar-refractivity contribution in [2.45, 2.75) is 52.1 Å². The van der Waals surface area contributed by atoms with E-state index in [0.29, 0.717) is 24.9 Å². The Morgan fingerprint density at radius 2 is 1.85 bits per heavy atom. The number of benzene rings is 1. The highest BCUT2D eigenvalue weighted by atomic mass is 19.4. The Bertz CT molecular complexity index is 1150. The summed E-state index contributed by atoms with van der Waals surface area (Å²) in [7, 11) is 0. The van der Waals surface area contributed by atoms with Crippen molar-refractivity contribution in [3.63, 3.8) is 0 Å². The predicted octanol–water partition coefficient (Wildman–Crippen LogP) is 2.84. The Kier molecular flexibility index (Phi) is 10.1. The second-order valence-electron chi connectivity index (χ2n) is 9.40. The van der Waals surface area contributed by atoms with Crippen LogP contribution in [0.5, 0.6) is 0 Å². The molecule has 0 spiro atoms. The molecule has 2 aliphatic heterocycles. The number of carbonyl (C=O) groups excluding carboxylic acids is 1. The first-order valence-electron chi connectivity index (χ1n) is 12.4. The Balaban J connectivity index is 0.000000532. The number of nitrogens with one attached hydrogen (secondary N) is 2. The molecule has 1 fully saturated rings. The van der Waals surface area contributed by atoms with E-state index in [4.69, 9.17) is 29.7 Å². The normalized spacial score (nSPS) is 17.3. The molecule has 1 saturated heterocycles. The van der Waals surface area contributed by atoms with Gasteiger partial charge in [0.25, 0.3) is 0 Å². The summed E-state index contributed by atoms with van der Waals surface area (Å²) in [6, 6.07) is 8.01. The second kappa shape index (κ2) is 13.0. The second-order valence-corrected chi connectivity index (χ2v) is 9.40. The molecule has 39 heavy (non-hydrogen) atoms. The summed E-state index contributed by atoms with van der Waals surface area (Å²) in [5.74, 6) is -2.00. The largest absolute Gasteiger partial charge is 0.490 e. The van der Waals surface area contributed by atoms with E-state index in [-0.39, 0.29) is 25.2 Å². The number of aromatic nitrogens is 2. The summed E-state index contributed by atoms with van der Waals surface area (Å²) < 4.78 is 37.3. The minimum Gasteiger partial charge on any atom is -0.475 e. The van der Waals surface area contributed by atoms with E-state index in [9.17, 15) is 18.0 Å². The molecule has 11 nitrogen and oxygen atoms in total. The van der Waals surface area contributed by atoms with Crippen molar-refractivity contribution in [1.82, 2.24) is 20.2 Å².